The van der Waals surface area contributed by atoms with Gasteiger partial charge in [-0.05, 0) is 13.1 Å². The average Bonchev–Trinajstić information content (AvgIpc) is 2.06. The quantitative estimate of drug-likeness (QED) is 0.337. The second-order valence-corrected chi connectivity index (χ2v) is 3.11. The zero-order valence-electron chi connectivity index (χ0n) is 7.55. The van der Waals surface area contributed by atoms with Crippen molar-refractivity contribution in [2.45, 2.75) is 13.8 Å². The Morgan fingerprint density at radius 1 is 1.08 bits per heavy atom. The minimum absolute atomic E-state index is 0.278. The number of nitrogens with one attached hydrogen (secondary N) is 2. The lowest BCUT2D eigenvalue weighted by Crippen LogP contribution is -2.17. The van der Waals surface area contributed by atoms with Crippen molar-refractivity contribution in [3.63, 3.8) is 0 Å². The smallest absolute Gasteiger partial charge is 0.295 e. The molecule has 0 aliphatic heterocycles. The van der Waals surface area contributed by atoms with E-state index in [0.717, 1.165) is 13.1 Å². The molecular formula is C6H17N2O3P. The SMILES string of the molecule is CCNCO[PH](=O)OCNCC. The molecular weight excluding hydrogens is 179 g/mol. The fourth-order valence-corrected chi connectivity index (χ4v) is 0.989. The second-order valence-electron chi connectivity index (χ2n) is 2.03. The lowest BCUT2D eigenvalue weighted by atomic mass is 10.8. The Hall–Kier alpha value is 0.0700. The van der Waals surface area contributed by atoms with Crippen molar-refractivity contribution in [2.75, 3.05) is 26.6 Å². The van der Waals surface area contributed by atoms with Crippen LogP contribution in [0.15, 0.2) is 0 Å². The van der Waals surface area contributed by atoms with Gasteiger partial charge in [0, 0.05) is 0 Å². The van der Waals surface area contributed by atoms with Crippen LogP contribution in [0.4, 0.5) is 0 Å². The van der Waals surface area contributed by atoms with E-state index in [2.05, 4.69) is 10.6 Å². The first-order valence-corrected chi connectivity index (χ1v) is 5.24. The summed E-state index contributed by atoms with van der Waals surface area (Å²) in [7, 11) is -2.31. The Labute approximate surface area is 73.8 Å². The van der Waals surface area contributed by atoms with Crippen LogP contribution < -0.4 is 10.6 Å². The van der Waals surface area contributed by atoms with Crippen LogP contribution in [0.2, 0.25) is 0 Å². The molecule has 0 unspecified atom stereocenters. The third-order valence-corrected chi connectivity index (χ3v) is 1.84. The largest absolute Gasteiger partial charge is 0.321 e. The van der Waals surface area contributed by atoms with E-state index in [1.807, 2.05) is 13.8 Å². The fraction of sp³-hybridized carbons (Fsp3) is 1.00. The average molecular weight is 196 g/mol. The highest BCUT2D eigenvalue weighted by atomic mass is 31.1. The summed E-state index contributed by atoms with van der Waals surface area (Å²) in [6.45, 7) is 6.03. The second kappa shape index (κ2) is 9.16. The third kappa shape index (κ3) is 8.17. The first-order valence-electron chi connectivity index (χ1n) is 4.02. The van der Waals surface area contributed by atoms with Crippen LogP contribution in [0.3, 0.4) is 0 Å². The van der Waals surface area contributed by atoms with E-state index in [1.54, 1.807) is 0 Å². The van der Waals surface area contributed by atoms with Gasteiger partial charge in [0.1, 0.15) is 13.5 Å². The summed E-state index contributed by atoms with van der Waals surface area (Å²) in [5, 5.41) is 5.74. The van der Waals surface area contributed by atoms with Gasteiger partial charge >= 0.3 is 8.25 Å². The van der Waals surface area contributed by atoms with Crippen molar-refractivity contribution in [3.8, 4) is 0 Å². The summed E-state index contributed by atoms with van der Waals surface area (Å²) < 4.78 is 20.5. The standard InChI is InChI=1S/C6H17N2O3P/c1-3-7-5-10-12(9)11-6-8-4-2/h7-8,12H,3-6H2,1-2H3. The van der Waals surface area contributed by atoms with Crippen molar-refractivity contribution in [1.82, 2.24) is 10.6 Å². The van der Waals surface area contributed by atoms with Crippen LogP contribution >= 0.6 is 8.25 Å². The van der Waals surface area contributed by atoms with E-state index in [-0.39, 0.29) is 13.5 Å². The molecule has 0 amide bonds. The van der Waals surface area contributed by atoms with Crippen LogP contribution in [-0.4, -0.2) is 26.6 Å². The molecule has 5 nitrogen and oxygen atoms in total. The van der Waals surface area contributed by atoms with Gasteiger partial charge in [0.2, 0.25) is 0 Å². The maximum absolute atomic E-state index is 10.9. The van der Waals surface area contributed by atoms with E-state index in [0.29, 0.717) is 0 Å². The number of hydrogen-bond donors (Lipinski definition) is 2. The van der Waals surface area contributed by atoms with E-state index in [1.165, 1.54) is 0 Å². The van der Waals surface area contributed by atoms with Gasteiger partial charge in [-0.25, -0.2) is 0 Å². The zero-order valence-corrected chi connectivity index (χ0v) is 8.55. The molecule has 2 N–H and O–H groups in total. The van der Waals surface area contributed by atoms with Gasteiger partial charge in [0.05, 0.1) is 0 Å². The van der Waals surface area contributed by atoms with E-state index < -0.39 is 8.25 Å². The molecule has 0 rings (SSSR count). The maximum atomic E-state index is 10.9. The van der Waals surface area contributed by atoms with E-state index in [4.69, 9.17) is 9.05 Å². The predicted molar refractivity (Wildman–Crippen MR) is 48.3 cm³/mol. The Balaban J connectivity index is 3.10. The molecule has 0 radical (unpaired) electrons. The maximum Gasteiger partial charge on any atom is 0.321 e. The molecule has 0 heterocycles. The molecule has 0 aromatic rings. The van der Waals surface area contributed by atoms with Crippen LogP contribution in [0.5, 0.6) is 0 Å². The normalized spacial score (nSPS) is 10.9. The minimum atomic E-state index is -2.31. The molecule has 0 atom stereocenters. The lowest BCUT2D eigenvalue weighted by molar-refractivity contribution is 0.204. The van der Waals surface area contributed by atoms with Crippen molar-refractivity contribution in [1.29, 1.82) is 0 Å². The molecule has 0 aromatic heterocycles. The Morgan fingerprint density at radius 3 is 1.83 bits per heavy atom. The molecule has 0 spiro atoms. The monoisotopic (exact) mass is 196 g/mol. The molecule has 6 heteroatoms. The van der Waals surface area contributed by atoms with Crippen molar-refractivity contribution >= 4 is 8.25 Å². The van der Waals surface area contributed by atoms with Crippen molar-refractivity contribution in [2.24, 2.45) is 0 Å². The van der Waals surface area contributed by atoms with Crippen molar-refractivity contribution in [3.05, 3.63) is 0 Å². The Kier molecular flexibility index (Phi) is 9.21. The van der Waals surface area contributed by atoms with Gasteiger partial charge < -0.3 is 0 Å². The molecule has 0 saturated heterocycles. The molecule has 74 valence electrons. The predicted octanol–water partition coefficient (Wildman–Crippen LogP) is 0.543. The third-order valence-electron chi connectivity index (χ3n) is 1.08. The number of rotatable bonds is 8. The summed E-state index contributed by atoms with van der Waals surface area (Å²) in [6, 6.07) is 0. The van der Waals surface area contributed by atoms with Gasteiger partial charge in [-0.15, -0.1) is 0 Å². The van der Waals surface area contributed by atoms with Gasteiger partial charge in [0.15, 0.2) is 0 Å². The summed E-state index contributed by atoms with van der Waals surface area (Å²) in [5.41, 5.74) is 0. The molecule has 0 bridgehead atoms. The Bertz CT molecular complexity index is 111. The van der Waals surface area contributed by atoms with Crippen LogP contribution in [0.1, 0.15) is 13.8 Å². The van der Waals surface area contributed by atoms with Gasteiger partial charge in [-0.1, -0.05) is 13.8 Å². The first-order chi connectivity index (χ1) is 5.81. The highest BCUT2D eigenvalue weighted by molar-refractivity contribution is 7.33. The van der Waals surface area contributed by atoms with E-state index >= 15 is 0 Å². The molecule has 12 heavy (non-hydrogen) atoms. The minimum Gasteiger partial charge on any atom is -0.295 e. The highest BCUT2D eigenvalue weighted by Crippen LogP contribution is 2.21. The van der Waals surface area contributed by atoms with Crippen LogP contribution in [0, 0.1) is 0 Å². The fourth-order valence-electron chi connectivity index (χ4n) is 0.466. The van der Waals surface area contributed by atoms with Gasteiger partial charge in [0.25, 0.3) is 0 Å². The molecule has 0 saturated carbocycles. The summed E-state index contributed by atoms with van der Waals surface area (Å²) in [6.07, 6.45) is 0. The highest BCUT2D eigenvalue weighted by Gasteiger charge is 1.96. The van der Waals surface area contributed by atoms with Crippen molar-refractivity contribution < 1.29 is 13.6 Å². The van der Waals surface area contributed by atoms with Crippen LogP contribution in [-0.2, 0) is 13.6 Å². The van der Waals surface area contributed by atoms with Crippen LogP contribution in [0.25, 0.3) is 0 Å². The molecule has 0 aromatic carbocycles. The summed E-state index contributed by atoms with van der Waals surface area (Å²) in [4.78, 5) is 0. The zero-order chi connectivity index (χ0) is 9.23. The van der Waals surface area contributed by atoms with E-state index in [9.17, 15) is 4.57 Å². The van der Waals surface area contributed by atoms with Gasteiger partial charge in [-0.3, -0.25) is 24.2 Å². The topological polar surface area (TPSA) is 59.6 Å². The first kappa shape index (κ1) is 12.1. The Morgan fingerprint density at radius 2 is 1.50 bits per heavy atom. The molecule has 0 aliphatic rings. The molecule has 0 aliphatic carbocycles. The number of hydrogen-bond acceptors (Lipinski definition) is 5. The summed E-state index contributed by atoms with van der Waals surface area (Å²) >= 11 is 0. The van der Waals surface area contributed by atoms with Gasteiger partial charge in [-0.2, -0.15) is 0 Å². The summed E-state index contributed by atoms with van der Waals surface area (Å²) in [5.74, 6) is 0. The molecule has 0 fully saturated rings. The lowest BCUT2D eigenvalue weighted by Gasteiger charge is -2.05.